The number of aryl methyl sites for hydroxylation is 1. The predicted molar refractivity (Wildman–Crippen MR) is 80.7 cm³/mol. The van der Waals surface area contributed by atoms with Gasteiger partial charge in [-0.1, -0.05) is 23.2 Å². The summed E-state index contributed by atoms with van der Waals surface area (Å²) < 4.78 is 0. The van der Waals surface area contributed by atoms with Crippen molar-refractivity contribution in [1.82, 2.24) is 9.97 Å². The summed E-state index contributed by atoms with van der Waals surface area (Å²) in [4.78, 5) is 8.58. The van der Waals surface area contributed by atoms with Gasteiger partial charge in [-0.25, -0.2) is 4.98 Å². The Labute approximate surface area is 122 Å². The average molecular weight is 297 g/mol. The third-order valence-electron chi connectivity index (χ3n) is 2.49. The van der Waals surface area contributed by atoms with Crippen LogP contribution in [0.3, 0.4) is 0 Å². The van der Waals surface area contributed by atoms with Crippen LogP contribution in [0.5, 0.6) is 0 Å². The first kappa shape index (κ1) is 13.9. The predicted octanol–water partition coefficient (Wildman–Crippen LogP) is 4.27. The fourth-order valence-corrected chi connectivity index (χ4v) is 1.87. The summed E-state index contributed by atoms with van der Waals surface area (Å²) in [5.41, 5.74) is 1.65. The number of hydrogen-bond donors (Lipinski definition) is 2. The van der Waals surface area contributed by atoms with Gasteiger partial charge in [0.1, 0.15) is 5.82 Å². The van der Waals surface area contributed by atoms with Gasteiger partial charge in [0.15, 0.2) is 0 Å². The van der Waals surface area contributed by atoms with Gasteiger partial charge in [-0.05, 0) is 32.0 Å². The maximum Gasteiger partial charge on any atom is 0.224 e. The normalized spacial score (nSPS) is 10.3. The molecular formula is C13H14Cl2N4. The van der Waals surface area contributed by atoms with Crippen molar-refractivity contribution in [3.05, 3.63) is 40.0 Å². The zero-order chi connectivity index (χ0) is 13.8. The molecule has 0 radical (unpaired) electrons. The molecule has 0 unspecified atom stereocenters. The van der Waals surface area contributed by atoms with Crippen LogP contribution in [0.2, 0.25) is 10.0 Å². The molecule has 0 atom stereocenters. The van der Waals surface area contributed by atoms with Crippen LogP contribution in [0.15, 0.2) is 24.4 Å². The van der Waals surface area contributed by atoms with Gasteiger partial charge < -0.3 is 10.6 Å². The van der Waals surface area contributed by atoms with Crippen molar-refractivity contribution >= 4 is 40.7 Å². The number of aromatic nitrogens is 2. The van der Waals surface area contributed by atoms with Gasteiger partial charge in [-0.2, -0.15) is 4.98 Å². The van der Waals surface area contributed by atoms with Crippen LogP contribution in [-0.4, -0.2) is 16.5 Å². The molecule has 0 fully saturated rings. The summed E-state index contributed by atoms with van der Waals surface area (Å²) in [6.45, 7) is 4.68. The molecule has 6 heteroatoms. The monoisotopic (exact) mass is 296 g/mol. The second kappa shape index (κ2) is 6.08. The summed E-state index contributed by atoms with van der Waals surface area (Å²) in [6, 6.07) is 5.25. The molecule has 4 nitrogen and oxygen atoms in total. The Kier molecular flexibility index (Phi) is 4.45. The van der Waals surface area contributed by atoms with E-state index >= 15 is 0 Å². The minimum absolute atomic E-state index is 0.578. The van der Waals surface area contributed by atoms with E-state index in [-0.39, 0.29) is 0 Å². The summed E-state index contributed by atoms with van der Waals surface area (Å²) >= 11 is 12.1. The highest BCUT2D eigenvalue weighted by atomic mass is 35.5. The Balaban J connectivity index is 2.31. The molecule has 1 heterocycles. The Morgan fingerprint density at radius 3 is 2.79 bits per heavy atom. The number of halogens is 2. The second-order valence-corrected chi connectivity index (χ2v) is 4.85. The SMILES string of the molecule is CCNc1ncc(C)c(Nc2cc(Cl)ccc2Cl)n1. The highest BCUT2D eigenvalue weighted by Crippen LogP contribution is 2.28. The van der Waals surface area contributed by atoms with Crippen molar-refractivity contribution in [2.75, 3.05) is 17.2 Å². The molecule has 1 aromatic carbocycles. The molecular weight excluding hydrogens is 283 g/mol. The lowest BCUT2D eigenvalue weighted by atomic mass is 10.3. The highest BCUT2D eigenvalue weighted by molar-refractivity contribution is 6.35. The maximum atomic E-state index is 6.12. The first-order valence-electron chi connectivity index (χ1n) is 5.89. The minimum atomic E-state index is 0.578. The highest BCUT2D eigenvalue weighted by Gasteiger charge is 2.07. The van der Waals surface area contributed by atoms with E-state index in [4.69, 9.17) is 23.2 Å². The Hall–Kier alpha value is -1.52. The summed E-state index contributed by atoms with van der Waals surface area (Å²) in [6.07, 6.45) is 1.76. The van der Waals surface area contributed by atoms with E-state index in [1.807, 2.05) is 13.8 Å². The van der Waals surface area contributed by atoms with Gasteiger partial charge in [-0.15, -0.1) is 0 Å². The number of hydrogen-bond acceptors (Lipinski definition) is 4. The van der Waals surface area contributed by atoms with E-state index in [2.05, 4.69) is 20.6 Å². The first-order chi connectivity index (χ1) is 9.10. The Bertz CT molecular complexity index is 587. The Morgan fingerprint density at radius 2 is 2.05 bits per heavy atom. The summed E-state index contributed by atoms with van der Waals surface area (Å²) in [7, 11) is 0. The van der Waals surface area contributed by atoms with Crippen molar-refractivity contribution in [1.29, 1.82) is 0 Å². The fraction of sp³-hybridized carbons (Fsp3) is 0.231. The fourth-order valence-electron chi connectivity index (χ4n) is 1.53. The van der Waals surface area contributed by atoms with Crippen LogP contribution in [-0.2, 0) is 0 Å². The van der Waals surface area contributed by atoms with Crippen LogP contribution < -0.4 is 10.6 Å². The molecule has 0 aliphatic carbocycles. The second-order valence-electron chi connectivity index (χ2n) is 4.00. The van der Waals surface area contributed by atoms with Crippen molar-refractivity contribution in [3.63, 3.8) is 0 Å². The largest absolute Gasteiger partial charge is 0.354 e. The quantitative estimate of drug-likeness (QED) is 0.885. The third kappa shape index (κ3) is 3.49. The lowest BCUT2D eigenvalue weighted by Gasteiger charge is -2.11. The number of benzene rings is 1. The smallest absolute Gasteiger partial charge is 0.224 e. The van der Waals surface area contributed by atoms with Gasteiger partial charge in [0.2, 0.25) is 5.95 Å². The lowest BCUT2D eigenvalue weighted by Crippen LogP contribution is -2.05. The molecule has 0 spiro atoms. The van der Waals surface area contributed by atoms with Crippen LogP contribution >= 0.6 is 23.2 Å². The maximum absolute atomic E-state index is 6.12. The summed E-state index contributed by atoms with van der Waals surface area (Å²) in [5.74, 6) is 1.28. The molecule has 0 bridgehead atoms. The number of rotatable bonds is 4. The molecule has 0 amide bonds. The van der Waals surface area contributed by atoms with Crippen LogP contribution in [0.1, 0.15) is 12.5 Å². The van der Waals surface area contributed by atoms with Crippen molar-refractivity contribution < 1.29 is 0 Å². The van der Waals surface area contributed by atoms with E-state index in [0.29, 0.717) is 21.8 Å². The van der Waals surface area contributed by atoms with E-state index in [9.17, 15) is 0 Å². The van der Waals surface area contributed by atoms with Crippen molar-refractivity contribution in [2.45, 2.75) is 13.8 Å². The summed E-state index contributed by atoms with van der Waals surface area (Å²) in [5, 5.41) is 7.44. The first-order valence-corrected chi connectivity index (χ1v) is 6.65. The molecule has 0 aliphatic rings. The van der Waals surface area contributed by atoms with Gasteiger partial charge in [0, 0.05) is 23.3 Å². The van der Waals surface area contributed by atoms with E-state index in [1.165, 1.54) is 0 Å². The van der Waals surface area contributed by atoms with E-state index in [1.54, 1.807) is 24.4 Å². The molecule has 0 saturated carbocycles. The van der Waals surface area contributed by atoms with E-state index < -0.39 is 0 Å². The average Bonchev–Trinajstić information content (AvgIpc) is 2.38. The Morgan fingerprint density at radius 1 is 1.26 bits per heavy atom. The van der Waals surface area contributed by atoms with Crippen molar-refractivity contribution in [3.8, 4) is 0 Å². The number of anilines is 3. The van der Waals surface area contributed by atoms with Crippen LogP contribution in [0.25, 0.3) is 0 Å². The molecule has 2 aromatic rings. The number of nitrogens with zero attached hydrogens (tertiary/aromatic N) is 2. The van der Waals surface area contributed by atoms with Crippen molar-refractivity contribution in [2.24, 2.45) is 0 Å². The zero-order valence-electron chi connectivity index (χ0n) is 10.7. The molecule has 2 rings (SSSR count). The van der Waals surface area contributed by atoms with Gasteiger partial charge in [-0.3, -0.25) is 0 Å². The standard InChI is InChI=1S/C13H14Cl2N4/c1-3-16-13-17-7-8(2)12(19-13)18-11-6-9(14)4-5-10(11)15/h4-7H,3H2,1-2H3,(H2,16,17,18,19). The molecule has 100 valence electrons. The molecule has 0 saturated heterocycles. The molecule has 1 aromatic heterocycles. The van der Waals surface area contributed by atoms with Gasteiger partial charge in [0.25, 0.3) is 0 Å². The molecule has 0 aliphatic heterocycles. The number of nitrogens with one attached hydrogen (secondary N) is 2. The van der Waals surface area contributed by atoms with Crippen LogP contribution in [0, 0.1) is 6.92 Å². The minimum Gasteiger partial charge on any atom is -0.354 e. The van der Waals surface area contributed by atoms with E-state index in [0.717, 1.165) is 17.8 Å². The van der Waals surface area contributed by atoms with Gasteiger partial charge in [0.05, 0.1) is 10.7 Å². The third-order valence-corrected chi connectivity index (χ3v) is 3.05. The van der Waals surface area contributed by atoms with Crippen LogP contribution in [0.4, 0.5) is 17.5 Å². The topological polar surface area (TPSA) is 49.8 Å². The lowest BCUT2D eigenvalue weighted by molar-refractivity contribution is 1.07. The molecule has 19 heavy (non-hydrogen) atoms. The molecule has 2 N–H and O–H groups in total. The zero-order valence-corrected chi connectivity index (χ0v) is 12.2. The van der Waals surface area contributed by atoms with Gasteiger partial charge >= 0.3 is 0 Å².